The summed E-state index contributed by atoms with van der Waals surface area (Å²) in [5.74, 6) is 0.849. The highest BCUT2D eigenvalue weighted by Gasteiger charge is 2.01. The lowest BCUT2D eigenvalue weighted by Gasteiger charge is -2.08. The molecule has 0 unspecified atom stereocenters. The zero-order chi connectivity index (χ0) is 18.5. The van der Waals surface area contributed by atoms with E-state index in [1.165, 1.54) is 22.3 Å². The predicted octanol–water partition coefficient (Wildman–Crippen LogP) is 6.11. The highest BCUT2D eigenvalue weighted by Crippen LogP contribution is 2.23. The van der Waals surface area contributed by atoms with Crippen molar-refractivity contribution in [2.24, 2.45) is 4.99 Å². The molecule has 0 aliphatic carbocycles. The Morgan fingerprint density at radius 1 is 0.808 bits per heavy atom. The van der Waals surface area contributed by atoms with E-state index in [1.54, 1.807) is 7.11 Å². The van der Waals surface area contributed by atoms with E-state index in [0.717, 1.165) is 22.8 Å². The third-order valence-corrected chi connectivity index (χ3v) is 4.33. The van der Waals surface area contributed by atoms with Crippen LogP contribution < -0.4 is 10.1 Å². The largest absolute Gasteiger partial charge is 0.497 e. The molecule has 3 aromatic carbocycles. The maximum atomic E-state index is 5.18. The van der Waals surface area contributed by atoms with E-state index in [4.69, 9.17) is 4.74 Å². The first-order valence-electron chi connectivity index (χ1n) is 8.68. The van der Waals surface area contributed by atoms with Crippen molar-refractivity contribution in [1.82, 2.24) is 0 Å². The minimum Gasteiger partial charge on any atom is -0.497 e. The standard InChI is InChI=1S/C23H24N2O/c1-16-13-17(2)23(18(3)14-16)15-24-19-5-7-20(8-6-19)25-21-9-11-22(26-4)12-10-21/h5-15,25H,1-4H3. The minimum absolute atomic E-state index is 0.849. The Morgan fingerprint density at radius 3 is 1.88 bits per heavy atom. The summed E-state index contributed by atoms with van der Waals surface area (Å²) in [5.41, 5.74) is 7.96. The first kappa shape index (κ1) is 17.7. The number of anilines is 2. The Balaban J connectivity index is 1.71. The maximum absolute atomic E-state index is 5.18. The second kappa shape index (κ2) is 7.87. The van der Waals surface area contributed by atoms with Crippen molar-refractivity contribution in [3.8, 4) is 5.75 Å². The summed E-state index contributed by atoms with van der Waals surface area (Å²) in [6.45, 7) is 6.38. The summed E-state index contributed by atoms with van der Waals surface area (Å²) in [6, 6.07) is 20.3. The molecule has 0 bridgehead atoms. The number of aliphatic imine (C=N–C) groups is 1. The molecule has 3 aromatic rings. The highest BCUT2D eigenvalue weighted by molar-refractivity contribution is 5.86. The summed E-state index contributed by atoms with van der Waals surface area (Å²) in [7, 11) is 1.67. The molecule has 0 spiro atoms. The van der Waals surface area contributed by atoms with Crippen molar-refractivity contribution in [1.29, 1.82) is 0 Å². The third-order valence-electron chi connectivity index (χ3n) is 4.33. The molecule has 26 heavy (non-hydrogen) atoms. The quantitative estimate of drug-likeness (QED) is 0.566. The average Bonchev–Trinajstić information content (AvgIpc) is 2.63. The molecule has 0 atom stereocenters. The predicted molar refractivity (Wildman–Crippen MR) is 111 cm³/mol. The molecule has 132 valence electrons. The van der Waals surface area contributed by atoms with E-state index in [1.807, 2.05) is 54.7 Å². The summed E-state index contributed by atoms with van der Waals surface area (Å²) < 4.78 is 5.18. The molecule has 0 fully saturated rings. The second-order valence-electron chi connectivity index (χ2n) is 6.47. The molecule has 3 heteroatoms. The van der Waals surface area contributed by atoms with Crippen molar-refractivity contribution in [3.63, 3.8) is 0 Å². The van der Waals surface area contributed by atoms with Gasteiger partial charge in [0.05, 0.1) is 12.8 Å². The van der Waals surface area contributed by atoms with Gasteiger partial charge in [-0.25, -0.2) is 0 Å². The molecule has 0 aliphatic rings. The van der Waals surface area contributed by atoms with Crippen LogP contribution in [0.2, 0.25) is 0 Å². The zero-order valence-corrected chi connectivity index (χ0v) is 15.7. The number of nitrogens with zero attached hydrogens (tertiary/aromatic N) is 1. The number of ether oxygens (including phenoxy) is 1. The van der Waals surface area contributed by atoms with Crippen LogP contribution in [0.1, 0.15) is 22.3 Å². The van der Waals surface area contributed by atoms with Gasteiger partial charge >= 0.3 is 0 Å². The molecule has 3 rings (SSSR count). The molecule has 0 amide bonds. The van der Waals surface area contributed by atoms with Crippen LogP contribution in [0.25, 0.3) is 0 Å². The van der Waals surface area contributed by atoms with Crippen molar-refractivity contribution in [2.75, 3.05) is 12.4 Å². The van der Waals surface area contributed by atoms with E-state index >= 15 is 0 Å². The monoisotopic (exact) mass is 344 g/mol. The SMILES string of the molecule is COc1ccc(Nc2ccc(N=Cc3c(C)cc(C)cc3C)cc2)cc1. The third kappa shape index (κ3) is 4.31. The molecule has 3 nitrogen and oxygen atoms in total. The lowest BCUT2D eigenvalue weighted by molar-refractivity contribution is 0.415. The summed E-state index contributed by atoms with van der Waals surface area (Å²) in [5, 5.41) is 3.37. The van der Waals surface area contributed by atoms with Crippen LogP contribution in [0, 0.1) is 20.8 Å². The molecule has 0 aromatic heterocycles. The minimum atomic E-state index is 0.849. The summed E-state index contributed by atoms with van der Waals surface area (Å²) in [6.07, 6.45) is 1.95. The zero-order valence-electron chi connectivity index (χ0n) is 15.7. The number of rotatable bonds is 5. The summed E-state index contributed by atoms with van der Waals surface area (Å²) in [4.78, 5) is 4.63. The fraction of sp³-hybridized carbons (Fsp3) is 0.174. The fourth-order valence-corrected chi connectivity index (χ4v) is 3.01. The van der Waals surface area contributed by atoms with Crippen LogP contribution in [0.15, 0.2) is 65.7 Å². The van der Waals surface area contributed by atoms with Crippen LogP contribution in [0.4, 0.5) is 17.1 Å². The first-order chi connectivity index (χ1) is 12.5. The lowest BCUT2D eigenvalue weighted by Crippen LogP contribution is -1.93. The Hall–Kier alpha value is -3.07. The van der Waals surface area contributed by atoms with Crippen molar-refractivity contribution < 1.29 is 4.74 Å². The van der Waals surface area contributed by atoms with Crippen LogP contribution >= 0.6 is 0 Å². The maximum Gasteiger partial charge on any atom is 0.119 e. The van der Waals surface area contributed by atoms with E-state index in [9.17, 15) is 0 Å². The van der Waals surface area contributed by atoms with Crippen molar-refractivity contribution >= 4 is 23.3 Å². The van der Waals surface area contributed by atoms with E-state index in [0.29, 0.717) is 0 Å². The number of hydrogen-bond donors (Lipinski definition) is 1. The van der Waals surface area contributed by atoms with Gasteiger partial charge in [0.1, 0.15) is 5.75 Å². The van der Waals surface area contributed by atoms with Crippen LogP contribution in [-0.4, -0.2) is 13.3 Å². The van der Waals surface area contributed by atoms with E-state index < -0.39 is 0 Å². The molecule has 0 saturated heterocycles. The highest BCUT2D eigenvalue weighted by atomic mass is 16.5. The normalized spacial score (nSPS) is 10.9. The van der Waals surface area contributed by atoms with Gasteiger partial charge in [0.15, 0.2) is 0 Å². The van der Waals surface area contributed by atoms with Crippen LogP contribution in [0.5, 0.6) is 5.75 Å². The summed E-state index contributed by atoms with van der Waals surface area (Å²) >= 11 is 0. The number of benzene rings is 3. The lowest BCUT2D eigenvalue weighted by atomic mass is 10.0. The number of methoxy groups -OCH3 is 1. The van der Waals surface area contributed by atoms with Gasteiger partial charge in [0, 0.05) is 17.6 Å². The molecule has 0 aliphatic heterocycles. The Labute approximate surface area is 155 Å². The van der Waals surface area contributed by atoms with Gasteiger partial charge in [-0.3, -0.25) is 4.99 Å². The Morgan fingerprint density at radius 2 is 1.35 bits per heavy atom. The van der Waals surface area contributed by atoms with Gasteiger partial charge < -0.3 is 10.1 Å². The molecule has 1 N–H and O–H groups in total. The number of nitrogens with one attached hydrogen (secondary N) is 1. The van der Waals surface area contributed by atoms with Gasteiger partial charge in [-0.05, 0) is 86.0 Å². The molecule has 0 radical (unpaired) electrons. The first-order valence-corrected chi connectivity index (χ1v) is 8.68. The van der Waals surface area contributed by atoms with Gasteiger partial charge in [-0.2, -0.15) is 0 Å². The van der Waals surface area contributed by atoms with Crippen LogP contribution in [-0.2, 0) is 0 Å². The smallest absolute Gasteiger partial charge is 0.119 e. The van der Waals surface area contributed by atoms with E-state index in [2.05, 4.69) is 43.2 Å². The molecule has 0 heterocycles. The number of hydrogen-bond acceptors (Lipinski definition) is 3. The van der Waals surface area contributed by atoms with Gasteiger partial charge in [0.2, 0.25) is 0 Å². The van der Waals surface area contributed by atoms with E-state index in [-0.39, 0.29) is 0 Å². The van der Waals surface area contributed by atoms with Gasteiger partial charge in [0.25, 0.3) is 0 Å². The molecule has 0 saturated carbocycles. The Bertz CT molecular complexity index is 887. The molecular weight excluding hydrogens is 320 g/mol. The fourth-order valence-electron chi connectivity index (χ4n) is 3.01. The van der Waals surface area contributed by atoms with Gasteiger partial charge in [-0.15, -0.1) is 0 Å². The van der Waals surface area contributed by atoms with Crippen LogP contribution in [0.3, 0.4) is 0 Å². The topological polar surface area (TPSA) is 33.6 Å². The van der Waals surface area contributed by atoms with Crippen molar-refractivity contribution in [2.45, 2.75) is 20.8 Å². The average molecular weight is 344 g/mol. The Kier molecular flexibility index (Phi) is 5.37. The van der Waals surface area contributed by atoms with Gasteiger partial charge in [-0.1, -0.05) is 17.7 Å². The van der Waals surface area contributed by atoms with Crippen molar-refractivity contribution in [3.05, 3.63) is 82.9 Å². The number of aryl methyl sites for hydroxylation is 3. The second-order valence-corrected chi connectivity index (χ2v) is 6.47. The molecular formula is C23H24N2O.